The summed E-state index contributed by atoms with van der Waals surface area (Å²) >= 11 is 11.9. The number of nitrogens with zero attached hydrogens (tertiary/aromatic N) is 4. The fourth-order valence-corrected chi connectivity index (χ4v) is 2.62. The van der Waals surface area contributed by atoms with Crippen LogP contribution in [0.15, 0.2) is 42.9 Å². The minimum atomic E-state index is -0.377. The zero-order valence-corrected chi connectivity index (χ0v) is 13.7. The van der Waals surface area contributed by atoms with E-state index in [-0.39, 0.29) is 11.6 Å². The number of amides is 1. The van der Waals surface area contributed by atoms with Crippen molar-refractivity contribution >= 4 is 34.8 Å². The standard InChI is InChI=1S/C15H13Cl2N5O/c1-21-9-13(17)14(20-21)15(23)19-12-6-18-22(8-12)7-10-3-2-4-11(16)5-10/h2-6,8-9H,7H2,1H3,(H,19,23). The van der Waals surface area contributed by atoms with Crippen molar-refractivity contribution in [3.05, 3.63) is 64.2 Å². The van der Waals surface area contributed by atoms with E-state index >= 15 is 0 Å². The largest absolute Gasteiger partial charge is 0.318 e. The highest BCUT2D eigenvalue weighted by Crippen LogP contribution is 2.16. The minimum absolute atomic E-state index is 0.178. The summed E-state index contributed by atoms with van der Waals surface area (Å²) in [4.78, 5) is 12.1. The average molecular weight is 350 g/mol. The molecule has 0 spiro atoms. The number of carbonyl (C=O) groups excluding carboxylic acids is 1. The first-order valence-electron chi connectivity index (χ1n) is 6.78. The number of aromatic nitrogens is 4. The highest BCUT2D eigenvalue weighted by atomic mass is 35.5. The molecule has 8 heteroatoms. The Hall–Kier alpha value is -2.31. The van der Waals surface area contributed by atoms with Crippen LogP contribution < -0.4 is 5.32 Å². The lowest BCUT2D eigenvalue weighted by molar-refractivity contribution is 0.102. The molecule has 118 valence electrons. The number of benzene rings is 1. The Morgan fingerprint density at radius 3 is 2.83 bits per heavy atom. The van der Waals surface area contributed by atoms with E-state index in [1.54, 1.807) is 30.3 Å². The van der Waals surface area contributed by atoms with Crippen molar-refractivity contribution in [2.75, 3.05) is 5.32 Å². The van der Waals surface area contributed by atoms with Crippen molar-refractivity contribution in [1.82, 2.24) is 19.6 Å². The lowest BCUT2D eigenvalue weighted by atomic mass is 10.2. The Morgan fingerprint density at radius 1 is 1.30 bits per heavy atom. The van der Waals surface area contributed by atoms with Gasteiger partial charge in [0, 0.05) is 24.5 Å². The maximum Gasteiger partial charge on any atom is 0.277 e. The molecule has 23 heavy (non-hydrogen) atoms. The number of hydrogen-bond donors (Lipinski definition) is 1. The predicted molar refractivity (Wildman–Crippen MR) is 89.0 cm³/mol. The van der Waals surface area contributed by atoms with Crippen LogP contribution in [0.3, 0.4) is 0 Å². The van der Waals surface area contributed by atoms with Gasteiger partial charge < -0.3 is 5.32 Å². The molecule has 0 saturated heterocycles. The molecule has 1 amide bonds. The van der Waals surface area contributed by atoms with E-state index in [9.17, 15) is 4.79 Å². The van der Waals surface area contributed by atoms with Crippen LogP contribution in [-0.2, 0) is 13.6 Å². The summed E-state index contributed by atoms with van der Waals surface area (Å²) in [5.74, 6) is -0.377. The molecule has 2 heterocycles. The van der Waals surface area contributed by atoms with Gasteiger partial charge in [-0.1, -0.05) is 35.3 Å². The number of rotatable bonds is 4. The van der Waals surface area contributed by atoms with Gasteiger partial charge in [0.25, 0.3) is 5.91 Å². The van der Waals surface area contributed by atoms with Crippen molar-refractivity contribution in [3.63, 3.8) is 0 Å². The molecule has 0 radical (unpaired) electrons. The van der Waals surface area contributed by atoms with Gasteiger partial charge in [0.1, 0.15) is 0 Å². The Balaban J connectivity index is 1.70. The smallest absolute Gasteiger partial charge is 0.277 e. The van der Waals surface area contributed by atoms with Gasteiger partial charge in [0.05, 0.1) is 23.5 Å². The van der Waals surface area contributed by atoms with Gasteiger partial charge in [-0.15, -0.1) is 0 Å². The molecule has 3 rings (SSSR count). The summed E-state index contributed by atoms with van der Waals surface area (Å²) in [6.07, 6.45) is 4.87. The Kier molecular flexibility index (Phi) is 4.36. The molecule has 0 saturated carbocycles. The highest BCUT2D eigenvalue weighted by Gasteiger charge is 2.15. The van der Waals surface area contributed by atoms with Crippen LogP contribution in [0.2, 0.25) is 10.0 Å². The van der Waals surface area contributed by atoms with Gasteiger partial charge in [-0.3, -0.25) is 14.2 Å². The third-order valence-corrected chi connectivity index (χ3v) is 3.64. The number of carbonyl (C=O) groups is 1. The van der Waals surface area contributed by atoms with Crippen LogP contribution >= 0.6 is 23.2 Å². The second-order valence-electron chi connectivity index (χ2n) is 5.01. The molecule has 1 aromatic carbocycles. The summed E-state index contributed by atoms with van der Waals surface area (Å²) < 4.78 is 3.20. The molecule has 3 aromatic rings. The van der Waals surface area contributed by atoms with Gasteiger partial charge >= 0.3 is 0 Å². The first-order chi connectivity index (χ1) is 11.0. The topological polar surface area (TPSA) is 64.7 Å². The van der Waals surface area contributed by atoms with E-state index in [4.69, 9.17) is 23.2 Å². The van der Waals surface area contributed by atoms with E-state index in [0.29, 0.717) is 22.3 Å². The van der Waals surface area contributed by atoms with Crippen molar-refractivity contribution in [2.45, 2.75) is 6.54 Å². The summed E-state index contributed by atoms with van der Waals surface area (Å²) in [6.45, 7) is 0.556. The summed E-state index contributed by atoms with van der Waals surface area (Å²) in [6, 6.07) is 7.53. The molecule has 0 atom stereocenters. The lowest BCUT2D eigenvalue weighted by Gasteiger charge is -2.02. The summed E-state index contributed by atoms with van der Waals surface area (Å²) in [5.41, 5.74) is 1.77. The molecular formula is C15H13Cl2N5O. The third-order valence-electron chi connectivity index (χ3n) is 3.12. The molecule has 0 aliphatic heterocycles. The molecule has 0 fully saturated rings. The number of halogens is 2. The summed E-state index contributed by atoms with van der Waals surface area (Å²) in [7, 11) is 1.70. The van der Waals surface area contributed by atoms with Crippen molar-refractivity contribution < 1.29 is 4.79 Å². The van der Waals surface area contributed by atoms with E-state index in [1.165, 1.54) is 4.68 Å². The van der Waals surface area contributed by atoms with Crippen LogP contribution in [0.1, 0.15) is 16.1 Å². The SMILES string of the molecule is Cn1cc(Cl)c(C(=O)Nc2cnn(Cc3cccc(Cl)c3)c2)n1. The van der Waals surface area contributed by atoms with Gasteiger partial charge in [-0.25, -0.2) is 0 Å². The monoisotopic (exact) mass is 349 g/mol. The van der Waals surface area contributed by atoms with Gasteiger partial charge in [-0.2, -0.15) is 10.2 Å². The number of nitrogens with one attached hydrogen (secondary N) is 1. The van der Waals surface area contributed by atoms with Crippen LogP contribution in [0.5, 0.6) is 0 Å². The van der Waals surface area contributed by atoms with Crippen molar-refractivity contribution in [2.24, 2.45) is 7.05 Å². The van der Waals surface area contributed by atoms with Gasteiger partial charge in [0.2, 0.25) is 0 Å². The van der Waals surface area contributed by atoms with E-state index < -0.39 is 0 Å². The number of anilines is 1. The van der Waals surface area contributed by atoms with Gasteiger partial charge in [-0.05, 0) is 17.7 Å². The zero-order chi connectivity index (χ0) is 16.4. The lowest BCUT2D eigenvalue weighted by Crippen LogP contribution is -2.13. The van der Waals surface area contributed by atoms with Crippen molar-refractivity contribution in [1.29, 1.82) is 0 Å². The molecule has 0 aliphatic carbocycles. The average Bonchev–Trinajstić information content (AvgIpc) is 3.05. The first-order valence-corrected chi connectivity index (χ1v) is 7.54. The highest BCUT2D eigenvalue weighted by molar-refractivity contribution is 6.34. The zero-order valence-electron chi connectivity index (χ0n) is 12.2. The number of hydrogen-bond acceptors (Lipinski definition) is 3. The first kappa shape index (κ1) is 15.6. The Labute approximate surface area is 142 Å². The summed E-state index contributed by atoms with van der Waals surface area (Å²) in [5, 5.41) is 11.9. The van der Waals surface area contributed by atoms with Crippen LogP contribution in [-0.4, -0.2) is 25.5 Å². The number of aryl methyl sites for hydroxylation is 1. The molecule has 6 nitrogen and oxygen atoms in total. The van der Waals surface area contributed by atoms with Crippen LogP contribution in [0.4, 0.5) is 5.69 Å². The predicted octanol–water partition coefficient (Wildman–Crippen LogP) is 3.22. The molecular weight excluding hydrogens is 337 g/mol. The Morgan fingerprint density at radius 2 is 2.13 bits per heavy atom. The van der Waals surface area contributed by atoms with E-state index in [2.05, 4.69) is 15.5 Å². The maximum absolute atomic E-state index is 12.1. The normalized spacial score (nSPS) is 10.7. The van der Waals surface area contributed by atoms with Crippen LogP contribution in [0, 0.1) is 0 Å². The quantitative estimate of drug-likeness (QED) is 0.786. The molecule has 0 unspecified atom stereocenters. The van der Waals surface area contributed by atoms with E-state index in [0.717, 1.165) is 5.56 Å². The molecule has 0 aliphatic rings. The van der Waals surface area contributed by atoms with Crippen LogP contribution in [0.25, 0.3) is 0 Å². The minimum Gasteiger partial charge on any atom is -0.318 e. The molecule has 0 bridgehead atoms. The Bertz CT molecular complexity index is 855. The second kappa shape index (κ2) is 6.44. The fourth-order valence-electron chi connectivity index (χ4n) is 2.14. The molecule has 2 aromatic heterocycles. The second-order valence-corrected chi connectivity index (χ2v) is 5.85. The fraction of sp³-hybridized carbons (Fsp3) is 0.133. The van der Waals surface area contributed by atoms with Gasteiger partial charge in [0.15, 0.2) is 5.69 Å². The maximum atomic E-state index is 12.1. The van der Waals surface area contributed by atoms with Crippen molar-refractivity contribution in [3.8, 4) is 0 Å². The van der Waals surface area contributed by atoms with E-state index in [1.807, 2.05) is 24.3 Å². The third kappa shape index (κ3) is 3.72. The molecule has 1 N–H and O–H groups in total.